The van der Waals surface area contributed by atoms with Gasteiger partial charge >= 0.3 is 12.0 Å². The second kappa shape index (κ2) is 6.87. The maximum absolute atomic E-state index is 12.5. The van der Waals surface area contributed by atoms with Gasteiger partial charge in [-0.3, -0.25) is 4.90 Å². The van der Waals surface area contributed by atoms with Gasteiger partial charge in [-0.2, -0.15) is 0 Å². The Bertz CT molecular complexity index is 553. The van der Waals surface area contributed by atoms with Gasteiger partial charge in [-0.25, -0.2) is 9.59 Å². The summed E-state index contributed by atoms with van der Waals surface area (Å²) in [5.41, 5.74) is 0.701. The number of urea groups is 1. The number of halogens is 1. The molecule has 7 heteroatoms. The number of carbonyl (C=O) groups is 2. The Kier molecular flexibility index (Phi) is 5.37. The highest BCUT2D eigenvalue weighted by Crippen LogP contribution is 2.34. The van der Waals surface area contributed by atoms with E-state index in [1.54, 1.807) is 0 Å². The zero-order chi connectivity index (χ0) is 15.6. The number of carbonyl (C=O) groups excluding carboxylic acids is 1. The first-order chi connectivity index (χ1) is 9.91. The lowest BCUT2D eigenvalue weighted by atomic mass is 10.1. The number of para-hydroxylation sites is 1. The summed E-state index contributed by atoms with van der Waals surface area (Å²) in [6, 6.07) is 6.30. The van der Waals surface area contributed by atoms with E-state index in [0.29, 0.717) is 11.4 Å². The SMILES string of the molecule is CC(C)C1SCC(C(=O)O)N1C(=O)Nc1ccccc1I. The largest absolute Gasteiger partial charge is 0.480 e. The van der Waals surface area contributed by atoms with Gasteiger partial charge in [0, 0.05) is 9.32 Å². The molecule has 0 aromatic heterocycles. The number of carboxylic acid groups (broad SMARTS) is 1. The Morgan fingerprint density at radius 1 is 1.43 bits per heavy atom. The molecule has 2 amide bonds. The van der Waals surface area contributed by atoms with Crippen molar-refractivity contribution < 1.29 is 14.7 Å². The fourth-order valence-corrected chi connectivity index (χ4v) is 4.22. The molecular weight excluding hydrogens is 403 g/mol. The van der Waals surface area contributed by atoms with Crippen molar-refractivity contribution in [2.24, 2.45) is 5.92 Å². The van der Waals surface area contributed by atoms with Crippen molar-refractivity contribution in [2.75, 3.05) is 11.1 Å². The van der Waals surface area contributed by atoms with Gasteiger partial charge in [0.2, 0.25) is 0 Å². The summed E-state index contributed by atoms with van der Waals surface area (Å²) in [7, 11) is 0. The van der Waals surface area contributed by atoms with Crippen LogP contribution in [0.5, 0.6) is 0 Å². The predicted molar refractivity (Wildman–Crippen MR) is 92.5 cm³/mol. The van der Waals surface area contributed by atoms with Crippen molar-refractivity contribution in [1.29, 1.82) is 0 Å². The molecule has 114 valence electrons. The van der Waals surface area contributed by atoms with Crippen LogP contribution in [0.4, 0.5) is 10.5 Å². The molecule has 1 saturated heterocycles. The highest BCUT2D eigenvalue weighted by molar-refractivity contribution is 14.1. The van der Waals surface area contributed by atoms with Crippen LogP contribution in [0.3, 0.4) is 0 Å². The third-order valence-corrected chi connectivity index (χ3v) is 5.80. The average Bonchev–Trinajstić information content (AvgIpc) is 2.86. The number of rotatable bonds is 3. The van der Waals surface area contributed by atoms with E-state index in [2.05, 4.69) is 27.9 Å². The van der Waals surface area contributed by atoms with E-state index in [0.717, 1.165) is 3.57 Å². The van der Waals surface area contributed by atoms with Crippen LogP contribution < -0.4 is 5.32 Å². The summed E-state index contributed by atoms with van der Waals surface area (Å²) in [4.78, 5) is 25.4. The Hall–Kier alpha value is -0.960. The molecule has 0 saturated carbocycles. The Morgan fingerprint density at radius 3 is 2.67 bits per heavy atom. The molecule has 1 aliphatic rings. The van der Waals surface area contributed by atoms with E-state index >= 15 is 0 Å². The topological polar surface area (TPSA) is 69.6 Å². The molecule has 0 radical (unpaired) electrons. The molecule has 2 N–H and O–H groups in total. The van der Waals surface area contributed by atoms with Crippen LogP contribution in [0, 0.1) is 9.49 Å². The van der Waals surface area contributed by atoms with Crippen LogP contribution in [0.25, 0.3) is 0 Å². The fraction of sp³-hybridized carbons (Fsp3) is 0.429. The summed E-state index contributed by atoms with van der Waals surface area (Å²) in [6.45, 7) is 3.99. The van der Waals surface area contributed by atoms with E-state index in [1.165, 1.54) is 16.7 Å². The smallest absolute Gasteiger partial charge is 0.327 e. The minimum Gasteiger partial charge on any atom is -0.480 e. The van der Waals surface area contributed by atoms with Crippen molar-refractivity contribution in [1.82, 2.24) is 4.90 Å². The maximum Gasteiger partial charge on any atom is 0.327 e. The fourth-order valence-electron chi connectivity index (χ4n) is 2.23. The van der Waals surface area contributed by atoms with Crippen LogP contribution in [0.1, 0.15) is 13.8 Å². The van der Waals surface area contributed by atoms with Crippen LogP contribution in [-0.2, 0) is 4.79 Å². The maximum atomic E-state index is 12.5. The number of anilines is 1. The van der Waals surface area contributed by atoms with Gasteiger partial charge in [-0.1, -0.05) is 26.0 Å². The van der Waals surface area contributed by atoms with Gasteiger partial charge in [0.05, 0.1) is 11.1 Å². The normalized spacial score (nSPS) is 21.6. The monoisotopic (exact) mass is 420 g/mol. The van der Waals surface area contributed by atoms with E-state index in [4.69, 9.17) is 0 Å². The molecule has 0 spiro atoms. The number of hydrogen-bond donors (Lipinski definition) is 2. The molecule has 21 heavy (non-hydrogen) atoms. The van der Waals surface area contributed by atoms with Crippen LogP contribution >= 0.6 is 34.4 Å². The second-order valence-corrected chi connectivity index (χ2v) is 7.45. The lowest BCUT2D eigenvalue weighted by Crippen LogP contribution is -2.49. The number of carboxylic acids is 1. The third kappa shape index (κ3) is 3.63. The molecule has 0 aliphatic carbocycles. The molecule has 2 unspecified atom stereocenters. The molecule has 5 nitrogen and oxygen atoms in total. The van der Waals surface area contributed by atoms with Crippen LogP contribution in [0.15, 0.2) is 24.3 Å². The van der Waals surface area contributed by atoms with Gasteiger partial charge < -0.3 is 10.4 Å². The Labute approximate surface area is 141 Å². The molecule has 1 aromatic rings. The summed E-state index contributed by atoms with van der Waals surface area (Å²) in [5.74, 6) is -0.333. The van der Waals surface area contributed by atoms with Crippen molar-refractivity contribution in [3.8, 4) is 0 Å². The number of amides is 2. The van der Waals surface area contributed by atoms with Gasteiger partial charge in [-0.05, 0) is 40.6 Å². The molecule has 0 bridgehead atoms. The lowest BCUT2D eigenvalue weighted by molar-refractivity contribution is -0.141. The summed E-state index contributed by atoms with van der Waals surface area (Å²) < 4.78 is 0.920. The first-order valence-corrected chi connectivity index (χ1v) is 8.73. The minimum absolute atomic E-state index is 0.118. The molecular formula is C14H17IN2O3S. The molecule has 2 rings (SSSR count). The van der Waals surface area contributed by atoms with E-state index in [9.17, 15) is 14.7 Å². The number of nitrogens with one attached hydrogen (secondary N) is 1. The highest BCUT2D eigenvalue weighted by Gasteiger charge is 2.43. The lowest BCUT2D eigenvalue weighted by Gasteiger charge is -2.29. The number of aliphatic carboxylic acids is 1. The van der Waals surface area contributed by atoms with Crippen LogP contribution in [0.2, 0.25) is 0 Å². The molecule has 2 atom stereocenters. The summed E-state index contributed by atoms with van der Waals surface area (Å²) in [6.07, 6.45) is 0. The first-order valence-electron chi connectivity index (χ1n) is 6.60. The van der Waals surface area contributed by atoms with Gasteiger partial charge in [0.15, 0.2) is 0 Å². The molecule has 1 aliphatic heterocycles. The zero-order valence-corrected chi connectivity index (χ0v) is 14.7. The minimum atomic E-state index is -0.955. The van der Waals surface area contributed by atoms with Crippen LogP contribution in [-0.4, -0.2) is 39.2 Å². The van der Waals surface area contributed by atoms with Gasteiger partial charge in [0.25, 0.3) is 0 Å². The number of benzene rings is 1. The molecule has 1 aromatic carbocycles. The molecule has 1 heterocycles. The molecule has 1 fully saturated rings. The predicted octanol–water partition coefficient (Wildman–Crippen LogP) is 3.31. The number of thioether (sulfide) groups is 1. The standard InChI is InChI=1S/C14H17IN2O3S/c1-8(2)12-17(11(7-21-12)13(18)19)14(20)16-10-6-4-3-5-9(10)15/h3-6,8,11-12H,7H2,1-2H3,(H,16,20)(H,18,19). The van der Waals surface area contributed by atoms with Gasteiger partial charge in [-0.15, -0.1) is 11.8 Å². The first kappa shape index (κ1) is 16.4. The Morgan fingerprint density at radius 2 is 2.10 bits per heavy atom. The number of hydrogen-bond acceptors (Lipinski definition) is 3. The third-order valence-electron chi connectivity index (χ3n) is 3.24. The van der Waals surface area contributed by atoms with E-state index in [-0.39, 0.29) is 17.3 Å². The van der Waals surface area contributed by atoms with Gasteiger partial charge in [0.1, 0.15) is 6.04 Å². The zero-order valence-electron chi connectivity index (χ0n) is 11.7. The van der Waals surface area contributed by atoms with Crippen molar-refractivity contribution >= 4 is 52.0 Å². The van der Waals surface area contributed by atoms with Crippen molar-refractivity contribution in [2.45, 2.75) is 25.3 Å². The summed E-state index contributed by atoms with van der Waals surface area (Å²) >= 11 is 3.66. The van der Waals surface area contributed by atoms with E-state index in [1.807, 2.05) is 38.1 Å². The van der Waals surface area contributed by atoms with E-state index < -0.39 is 12.0 Å². The Balaban J connectivity index is 2.21. The average molecular weight is 420 g/mol. The van der Waals surface area contributed by atoms with Crippen molar-refractivity contribution in [3.63, 3.8) is 0 Å². The second-order valence-electron chi connectivity index (χ2n) is 5.14. The quantitative estimate of drug-likeness (QED) is 0.737. The number of nitrogens with zero attached hydrogens (tertiary/aromatic N) is 1. The summed E-state index contributed by atoms with van der Waals surface area (Å²) in [5, 5.41) is 12.0. The van der Waals surface area contributed by atoms with Crippen molar-refractivity contribution in [3.05, 3.63) is 27.8 Å². The highest BCUT2D eigenvalue weighted by atomic mass is 127.